The van der Waals surface area contributed by atoms with Crippen molar-refractivity contribution in [2.75, 3.05) is 0 Å². The largest absolute Gasteiger partial charge is 0.393 e. The normalized spacial score (nSPS) is 18.7. The molecule has 0 radical (unpaired) electrons. The molecule has 8 heteroatoms. The van der Waals surface area contributed by atoms with Gasteiger partial charge in [0.15, 0.2) is 0 Å². The van der Waals surface area contributed by atoms with Gasteiger partial charge >= 0.3 is 0 Å². The number of aromatic nitrogens is 5. The maximum Gasteiger partial charge on any atom is 0.147 e. The van der Waals surface area contributed by atoms with Crippen molar-refractivity contribution in [1.82, 2.24) is 24.1 Å². The van der Waals surface area contributed by atoms with E-state index < -0.39 is 0 Å². The highest BCUT2D eigenvalue weighted by atomic mass is 35.5. The Balaban J connectivity index is 1.45. The zero-order valence-corrected chi connectivity index (χ0v) is 20.1. The lowest BCUT2D eigenvalue weighted by atomic mass is 9.93. The Bertz CT molecular complexity index is 1510. The summed E-state index contributed by atoms with van der Waals surface area (Å²) >= 11 is 13.0. The number of imidazole rings is 1. The van der Waals surface area contributed by atoms with Crippen LogP contribution in [0.25, 0.3) is 38.9 Å². The number of rotatable bonds is 3. The van der Waals surface area contributed by atoms with Gasteiger partial charge < -0.3 is 9.51 Å². The second kappa shape index (κ2) is 8.38. The van der Waals surface area contributed by atoms with Gasteiger partial charge in [0.2, 0.25) is 0 Å². The molecule has 0 unspecified atom stereocenters. The molecule has 0 atom stereocenters. The third-order valence-electron chi connectivity index (χ3n) is 6.87. The first-order valence-corrected chi connectivity index (χ1v) is 12.2. The Labute approximate surface area is 206 Å². The second-order valence-corrected chi connectivity index (χ2v) is 9.79. The van der Waals surface area contributed by atoms with Gasteiger partial charge in [-0.15, -0.1) is 0 Å². The minimum Gasteiger partial charge on any atom is -0.393 e. The smallest absolute Gasteiger partial charge is 0.147 e. The van der Waals surface area contributed by atoms with Crippen LogP contribution < -0.4 is 0 Å². The first-order valence-electron chi connectivity index (χ1n) is 11.4. The van der Waals surface area contributed by atoms with E-state index in [1.807, 2.05) is 54.5 Å². The monoisotopic (exact) mass is 491 g/mol. The molecule has 1 saturated carbocycles. The fraction of sp³-hybridized carbons (Fsp3) is 0.269. The molecule has 4 aromatic heterocycles. The first-order chi connectivity index (χ1) is 16.5. The molecule has 0 spiro atoms. The molecule has 0 bridgehead atoms. The van der Waals surface area contributed by atoms with Crippen LogP contribution in [0, 0.1) is 6.92 Å². The van der Waals surface area contributed by atoms with Crippen LogP contribution >= 0.6 is 23.2 Å². The minimum atomic E-state index is -0.179. The van der Waals surface area contributed by atoms with Crippen molar-refractivity contribution in [3.63, 3.8) is 0 Å². The van der Waals surface area contributed by atoms with Crippen molar-refractivity contribution in [1.29, 1.82) is 0 Å². The molecule has 1 aliphatic carbocycles. The molecule has 0 saturated heterocycles. The number of pyridine rings is 2. The summed E-state index contributed by atoms with van der Waals surface area (Å²) in [4.78, 5) is 9.67. The number of hydrogen-bond donors (Lipinski definition) is 1. The third-order valence-corrected chi connectivity index (χ3v) is 7.50. The van der Waals surface area contributed by atoms with Gasteiger partial charge in [-0.25, -0.2) is 4.98 Å². The van der Waals surface area contributed by atoms with E-state index in [1.54, 1.807) is 0 Å². The second-order valence-electron chi connectivity index (χ2n) is 8.98. The molecule has 6 rings (SSSR count). The standard InChI is InChI=1S/C26H23Cl2N5O/c1-15-25(24-21(27)3-2-4-22(24)28)31-26-20-11-16(12-29-23(20)9-10-32(15)26)17-13-30-33(14-17)18-5-7-19(34)8-6-18/h2-4,9-14,18-19,34H,5-8H2,1H3/t18-,19-. The molecule has 1 fully saturated rings. The van der Waals surface area contributed by atoms with E-state index >= 15 is 0 Å². The Morgan fingerprint density at radius 1 is 1.00 bits per heavy atom. The first kappa shape index (κ1) is 21.6. The van der Waals surface area contributed by atoms with Gasteiger partial charge in [0.25, 0.3) is 0 Å². The van der Waals surface area contributed by atoms with E-state index in [0.29, 0.717) is 16.1 Å². The minimum absolute atomic E-state index is 0.179. The number of fused-ring (bicyclic) bond motifs is 3. The Morgan fingerprint density at radius 3 is 2.53 bits per heavy atom. The highest BCUT2D eigenvalue weighted by molar-refractivity contribution is 6.39. The molecular weight excluding hydrogens is 469 g/mol. The van der Waals surface area contributed by atoms with Gasteiger partial charge in [0, 0.05) is 46.4 Å². The molecule has 1 N–H and O–H groups in total. The predicted octanol–water partition coefficient (Wildman–Crippen LogP) is 6.50. The highest BCUT2D eigenvalue weighted by Crippen LogP contribution is 2.37. The van der Waals surface area contributed by atoms with Gasteiger partial charge in [-0.2, -0.15) is 5.10 Å². The Hall–Kier alpha value is -2.93. The van der Waals surface area contributed by atoms with Gasteiger partial charge in [0.1, 0.15) is 5.65 Å². The number of nitrogens with zero attached hydrogens (tertiary/aromatic N) is 5. The van der Waals surface area contributed by atoms with Crippen molar-refractivity contribution in [2.24, 2.45) is 0 Å². The van der Waals surface area contributed by atoms with Crippen LogP contribution in [0.15, 0.2) is 55.1 Å². The van der Waals surface area contributed by atoms with Crippen LogP contribution in [0.4, 0.5) is 0 Å². The zero-order valence-electron chi connectivity index (χ0n) is 18.6. The summed E-state index contributed by atoms with van der Waals surface area (Å²) in [7, 11) is 0. The lowest BCUT2D eigenvalue weighted by Gasteiger charge is -2.25. The van der Waals surface area contributed by atoms with Gasteiger partial charge in [-0.3, -0.25) is 9.67 Å². The van der Waals surface area contributed by atoms with E-state index in [4.69, 9.17) is 33.2 Å². The average molecular weight is 492 g/mol. The molecule has 5 aromatic rings. The fourth-order valence-electron chi connectivity index (χ4n) is 4.95. The van der Waals surface area contributed by atoms with Gasteiger partial charge in [0.05, 0.1) is 39.6 Å². The highest BCUT2D eigenvalue weighted by Gasteiger charge is 2.22. The SMILES string of the molecule is Cc1c(-c2c(Cl)cccc2Cl)nc2c3cc(-c4cnn([C@H]5CC[C@H](O)CC5)c4)cnc3ccn12. The summed E-state index contributed by atoms with van der Waals surface area (Å²) in [6.45, 7) is 2.02. The number of aliphatic hydroxyl groups excluding tert-OH is 1. The van der Waals surface area contributed by atoms with E-state index in [2.05, 4.69) is 21.8 Å². The molecule has 1 aliphatic rings. The molecule has 34 heavy (non-hydrogen) atoms. The number of aliphatic hydroxyl groups is 1. The van der Waals surface area contributed by atoms with Crippen molar-refractivity contribution < 1.29 is 5.11 Å². The van der Waals surface area contributed by atoms with E-state index in [0.717, 1.165) is 70.3 Å². The van der Waals surface area contributed by atoms with Crippen molar-refractivity contribution in [3.05, 3.63) is 70.9 Å². The van der Waals surface area contributed by atoms with E-state index in [-0.39, 0.29) is 6.10 Å². The number of benzene rings is 1. The summed E-state index contributed by atoms with van der Waals surface area (Å²) in [6.07, 6.45) is 11.2. The van der Waals surface area contributed by atoms with Crippen molar-refractivity contribution in [3.8, 4) is 22.4 Å². The zero-order chi connectivity index (χ0) is 23.4. The molecule has 1 aromatic carbocycles. The molecule has 6 nitrogen and oxygen atoms in total. The van der Waals surface area contributed by atoms with E-state index in [1.165, 1.54) is 0 Å². The molecule has 0 amide bonds. The molecule has 0 aliphatic heterocycles. The molecule has 172 valence electrons. The van der Waals surface area contributed by atoms with Crippen LogP contribution in [0.2, 0.25) is 10.0 Å². The van der Waals surface area contributed by atoms with Gasteiger partial charge in [-0.05, 0) is 56.9 Å². The fourth-order valence-corrected chi connectivity index (χ4v) is 5.52. The topological polar surface area (TPSA) is 68.2 Å². The number of hydrogen-bond acceptors (Lipinski definition) is 4. The van der Waals surface area contributed by atoms with Crippen LogP contribution in [0.1, 0.15) is 37.4 Å². The van der Waals surface area contributed by atoms with Crippen LogP contribution in [0.5, 0.6) is 0 Å². The van der Waals surface area contributed by atoms with E-state index in [9.17, 15) is 5.11 Å². The van der Waals surface area contributed by atoms with Crippen molar-refractivity contribution >= 4 is 39.8 Å². The number of halogens is 2. The maximum absolute atomic E-state index is 9.81. The maximum atomic E-state index is 9.81. The molecular formula is C26H23Cl2N5O. The van der Waals surface area contributed by atoms with Crippen LogP contribution in [0.3, 0.4) is 0 Å². The van der Waals surface area contributed by atoms with Crippen LogP contribution in [-0.4, -0.2) is 35.4 Å². The third kappa shape index (κ3) is 3.57. The lowest BCUT2D eigenvalue weighted by Crippen LogP contribution is -2.21. The van der Waals surface area contributed by atoms with Crippen molar-refractivity contribution in [2.45, 2.75) is 44.8 Å². The summed E-state index contributed by atoms with van der Waals surface area (Å²) < 4.78 is 4.09. The predicted molar refractivity (Wildman–Crippen MR) is 135 cm³/mol. The Morgan fingerprint density at radius 2 is 1.76 bits per heavy atom. The summed E-state index contributed by atoms with van der Waals surface area (Å²) in [5.74, 6) is 0. The Kier molecular flexibility index (Phi) is 5.32. The molecule has 4 heterocycles. The summed E-state index contributed by atoms with van der Waals surface area (Å²) in [5.41, 5.74) is 6.14. The number of aryl methyl sites for hydroxylation is 1. The average Bonchev–Trinajstić information content (AvgIpc) is 3.45. The quantitative estimate of drug-likeness (QED) is 0.312. The van der Waals surface area contributed by atoms with Crippen LogP contribution in [-0.2, 0) is 0 Å². The lowest BCUT2D eigenvalue weighted by molar-refractivity contribution is 0.108. The van der Waals surface area contributed by atoms with Gasteiger partial charge in [-0.1, -0.05) is 29.3 Å². The summed E-state index contributed by atoms with van der Waals surface area (Å²) in [6, 6.07) is 9.93. The summed E-state index contributed by atoms with van der Waals surface area (Å²) in [5, 5.41) is 16.5.